The van der Waals surface area contributed by atoms with E-state index in [1.165, 1.54) is 29.3 Å². The number of fused-ring (bicyclic) bond motifs is 1. The normalized spacial score (nSPS) is 13.0. The van der Waals surface area contributed by atoms with Gasteiger partial charge in [-0.15, -0.1) is 0 Å². The van der Waals surface area contributed by atoms with Crippen molar-refractivity contribution in [3.63, 3.8) is 0 Å². The summed E-state index contributed by atoms with van der Waals surface area (Å²) in [6.07, 6.45) is -3.29. The summed E-state index contributed by atoms with van der Waals surface area (Å²) in [5.41, 5.74) is 9.47. The maximum atomic E-state index is 12.4. The summed E-state index contributed by atoms with van der Waals surface area (Å²) in [6, 6.07) is 16.7. The average Bonchev–Trinajstić information content (AvgIpc) is 2.73. The average molecular weight is 414 g/mol. The Morgan fingerprint density at radius 1 is 0.967 bits per heavy atom. The van der Waals surface area contributed by atoms with E-state index in [9.17, 15) is 18.0 Å². The molecule has 1 heterocycles. The number of carboxylic acid groups (broad SMARTS) is 1. The molecule has 0 fully saturated rings. The van der Waals surface area contributed by atoms with Gasteiger partial charge in [0.05, 0.1) is 11.1 Å². The fourth-order valence-corrected chi connectivity index (χ4v) is 3.26. The molecule has 0 spiro atoms. The molecule has 0 atom stereocenters. The lowest BCUT2D eigenvalue weighted by molar-refractivity contribution is -0.137. The van der Waals surface area contributed by atoms with E-state index in [1.54, 1.807) is 18.2 Å². The smallest absolute Gasteiger partial charge is 0.416 e. The Morgan fingerprint density at radius 2 is 1.67 bits per heavy atom. The standard InChI is InChI=1S/C14H9F3O2.C9H12N2/c15-14(16,17)10-7-5-9(6-8-10)11-3-1-2-4-12(11)13(18)19;10-9-2-1-8-6-11-4-3-7(8)5-9/h1-8H,(H,18,19);1-2,5,11H,3-4,6,10H2. The Morgan fingerprint density at radius 3 is 2.33 bits per heavy atom. The van der Waals surface area contributed by atoms with E-state index in [2.05, 4.69) is 17.4 Å². The second-order valence-electron chi connectivity index (χ2n) is 6.88. The zero-order valence-corrected chi connectivity index (χ0v) is 16.0. The fourth-order valence-electron chi connectivity index (χ4n) is 3.26. The molecular weight excluding hydrogens is 393 g/mol. The Kier molecular flexibility index (Phi) is 6.42. The van der Waals surface area contributed by atoms with Gasteiger partial charge in [0.1, 0.15) is 0 Å². The molecule has 1 aliphatic heterocycles. The predicted molar refractivity (Wildman–Crippen MR) is 110 cm³/mol. The predicted octanol–water partition coefficient (Wildman–Crippen LogP) is 4.99. The lowest BCUT2D eigenvalue weighted by atomic mass is 9.99. The van der Waals surface area contributed by atoms with Crippen LogP contribution in [0.25, 0.3) is 11.1 Å². The second-order valence-corrected chi connectivity index (χ2v) is 6.88. The van der Waals surface area contributed by atoms with Crippen molar-refractivity contribution in [3.8, 4) is 11.1 Å². The van der Waals surface area contributed by atoms with Gasteiger partial charge in [-0.3, -0.25) is 0 Å². The minimum atomic E-state index is -4.40. The minimum absolute atomic E-state index is 0.0576. The van der Waals surface area contributed by atoms with E-state index < -0.39 is 17.7 Å². The van der Waals surface area contributed by atoms with Crippen molar-refractivity contribution in [1.82, 2.24) is 5.32 Å². The number of alkyl halides is 3. The van der Waals surface area contributed by atoms with Crippen molar-refractivity contribution >= 4 is 11.7 Å². The first-order chi connectivity index (χ1) is 14.3. The molecule has 0 radical (unpaired) electrons. The number of carboxylic acids is 1. The number of hydrogen-bond acceptors (Lipinski definition) is 3. The lowest BCUT2D eigenvalue weighted by Gasteiger charge is -2.16. The molecule has 0 saturated heterocycles. The van der Waals surface area contributed by atoms with Crippen LogP contribution in [-0.4, -0.2) is 17.6 Å². The highest BCUT2D eigenvalue weighted by Crippen LogP contribution is 2.31. The van der Waals surface area contributed by atoms with E-state index in [-0.39, 0.29) is 5.56 Å². The van der Waals surface area contributed by atoms with Crippen molar-refractivity contribution in [3.05, 3.63) is 89.0 Å². The summed E-state index contributed by atoms with van der Waals surface area (Å²) in [5, 5.41) is 12.4. The number of anilines is 1. The fraction of sp³-hybridized carbons (Fsp3) is 0.174. The number of halogens is 3. The van der Waals surface area contributed by atoms with E-state index in [0.29, 0.717) is 11.1 Å². The van der Waals surface area contributed by atoms with Crippen molar-refractivity contribution in [2.75, 3.05) is 12.3 Å². The zero-order chi connectivity index (χ0) is 21.7. The number of carbonyl (C=O) groups is 1. The van der Waals surface area contributed by atoms with Gasteiger partial charge >= 0.3 is 12.1 Å². The molecule has 3 aromatic rings. The number of benzene rings is 3. The van der Waals surface area contributed by atoms with Crippen LogP contribution in [-0.2, 0) is 19.1 Å². The van der Waals surface area contributed by atoms with Gasteiger partial charge in [-0.2, -0.15) is 13.2 Å². The highest BCUT2D eigenvalue weighted by Gasteiger charge is 2.30. The topological polar surface area (TPSA) is 75.3 Å². The summed E-state index contributed by atoms with van der Waals surface area (Å²) in [7, 11) is 0. The Balaban J connectivity index is 0.000000196. The summed E-state index contributed by atoms with van der Waals surface area (Å²) in [6.45, 7) is 2.08. The number of aromatic carboxylic acids is 1. The number of nitrogens with two attached hydrogens (primary N) is 1. The SMILES string of the molecule is Nc1ccc2c(c1)CCNC2.O=C(O)c1ccccc1-c1ccc(C(F)(F)F)cc1. The molecule has 0 aliphatic carbocycles. The van der Waals surface area contributed by atoms with Crippen LogP contribution in [0.1, 0.15) is 27.0 Å². The van der Waals surface area contributed by atoms with Gasteiger partial charge in [-0.25, -0.2) is 4.79 Å². The molecule has 4 N–H and O–H groups in total. The van der Waals surface area contributed by atoms with Gasteiger partial charge in [0.25, 0.3) is 0 Å². The Labute approximate surface area is 172 Å². The molecule has 0 bridgehead atoms. The van der Waals surface area contributed by atoms with Crippen LogP contribution in [0.15, 0.2) is 66.7 Å². The summed E-state index contributed by atoms with van der Waals surface area (Å²) in [4.78, 5) is 11.0. The van der Waals surface area contributed by atoms with Crippen LogP contribution in [0, 0.1) is 0 Å². The first-order valence-electron chi connectivity index (χ1n) is 9.33. The monoisotopic (exact) mass is 414 g/mol. The van der Waals surface area contributed by atoms with Gasteiger partial charge in [-0.1, -0.05) is 36.4 Å². The van der Waals surface area contributed by atoms with Crippen LogP contribution < -0.4 is 11.1 Å². The Bertz CT molecular complexity index is 1030. The molecule has 1 aliphatic rings. The molecule has 7 heteroatoms. The third kappa shape index (κ3) is 5.18. The Hall–Kier alpha value is -3.32. The molecule has 0 unspecified atom stereocenters. The van der Waals surface area contributed by atoms with Gasteiger partial charge in [0.2, 0.25) is 0 Å². The van der Waals surface area contributed by atoms with E-state index in [4.69, 9.17) is 10.8 Å². The molecule has 3 aromatic carbocycles. The number of hydrogen-bond donors (Lipinski definition) is 3. The van der Waals surface area contributed by atoms with Crippen LogP contribution >= 0.6 is 0 Å². The number of nitrogens with one attached hydrogen (secondary N) is 1. The lowest BCUT2D eigenvalue weighted by Crippen LogP contribution is -2.23. The molecule has 0 saturated carbocycles. The zero-order valence-electron chi connectivity index (χ0n) is 16.0. The first-order valence-corrected chi connectivity index (χ1v) is 9.33. The first kappa shape index (κ1) is 21.4. The number of nitrogen functional groups attached to an aromatic ring is 1. The van der Waals surface area contributed by atoms with Gasteiger partial charge in [0, 0.05) is 12.2 Å². The largest absolute Gasteiger partial charge is 0.478 e. The molecule has 0 aromatic heterocycles. The van der Waals surface area contributed by atoms with Crippen molar-refractivity contribution < 1.29 is 23.1 Å². The quantitative estimate of drug-likeness (QED) is 0.517. The highest BCUT2D eigenvalue weighted by atomic mass is 19.4. The maximum absolute atomic E-state index is 12.4. The summed E-state index contributed by atoms with van der Waals surface area (Å²) >= 11 is 0. The third-order valence-corrected chi connectivity index (χ3v) is 4.80. The van der Waals surface area contributed by atoms with Crippen LogP contribution in [0.5, 0.6) is 0 Å². The van der Waals surface area contributed by atoms with Crippen LogP contribution in [0.3, 0.4) is 0 Å². The highest BCUT2D eigenvalue weighted by molar-refractivity contribution is 5.95. The summed E-state index contributed by atoms with van der Waals surface area (Å²) in [5.74, 6) is -1.12. The summed E-state index contributed by atoms with van der Waals surface area (Å²) < 4.78 is 37.3. The molecule has 156 valence electrons. The van der Waals surface area contributed by atoms with Crippen molar-refractivity contribution in [1.29, 1.82) is 0 Å². The minimum Gasteiger partial charge on any atom is -0.478 e. The molecule has 30 heavy (non-hydrogen) atoms. The maximum Gasteiger partial charge on any atom is 0.416 e. The second kappa shape index (κ2) is 9.00. The van der Waals surface area contributed by atoms with Gasteiger partial charge in [0.15, 0.2) is 0 Å². The van der Waals surface area contributed by atoms with Crippen molar-refractivity contribution in [2.24, 2.45) is 0 Å². The number of rotatable bonds is 2. The molecule has 0 amide bonds. The van der Waals surface area contributed by atoms with Gasteiger partial charge in [-0.05, 0) is 65.6 Å². The molecule has 4 rings (SSSR count). The van der Waals surface area contributed by atoms with Crippen molar-refractivity contribution in [2.45, 2.75) is 19.1 Å². The van der Waals surface area contributed by atoms with Gasteiger partial charge < -0.3 is 16.2 Å². The van der Waals surface area contributed by atoms with E-state index >= 15 is 0 Å². The van der Waals surface area contributed by atoms with E-state index in [0.717, 1.165) is 37.3 Å². The molecule has 4 nitrogen and oxygen atoms in total. The third-order valence-electron chi connectivity index (χ3n) is 4.80. The van der Waals surface area contributed by atoms with Crippen LogP contribution in [0.4, 0.5) is 18.9 Å². The molecular formula is C23H21F3N2O2. The van der Waals surface area contributed by atoms with Crippen LogP contribution in [0.2, 0.25) is 0 Å². The van der Waals surface area contributed by atoms with E-state index in [1.807, 2.05) is 6.07 Å².